The molecule has 0 aliphatic carbocycles. The van der Waals surface area contributed by atoms with Gasteiger partial charge in [-0.05, 0) is 25.0 Å². The highest BCUT2D eigenvalue weighted by Crippen LogP contribution is 2.23. The molecule has 0 saturated carbocycles. The zero-order valence-electron chi connectivity index (χ0n) is 11.8. The van der Waals surface area contributed by atoms with Gasteiger partial charge in [0.2, 0.25) is 0 Å². The van der Waals surface area contributed by atoms with Crippen LogP contribution in [0.2, 0.25) is 0 Å². The number of rotatable bonds is 1. The Morgan fingerprint density at radius 2 is 2.10 bits per heavy atom. The Labute approximate surface area is 118 Å². The van der Waals surface area contributed by atoms with Crippen molar-refractivity contribution < 1.29 is 4.79 Å². The number of aromatic nitrogens is 1. The summed E-state index contributed by atoms with van der Waals surface area (Å²) in [6.07, 6.45) is 0. The highest BCUT2D eigenvalue weighted by molar-refractivity contribution is 6.06. The summed E-state index contributed by atoms with van der Waals surface area (Å²) >= 11 is 0. The Balaban J connectivity index is 2.04. The van der Waals surface area contributed by atoms with Crippen LogP contribution in [0.15, 0.2) is 30.3 Å². The summed E-state index contributed by atoms with van der Waals surface area (Å²) in [5.41, 5.74) is 8.48. The Morgan fingerprint density at radius 3 is 2.80 bits per heavy atom. The van der Waals surface area contributed by atoms with Crippen LogP contribution in [0.5, 0.6) is 0 Å². The number of pyridine rings is 1. The SMILES string of the molecule is Cc1cc(C(=O)N2CC(C)C(N)C2)c2ccccc2n1. The Morgan fingerprint density at radius 1 is 1.35 bits per heavy atom. The van der Waals surface area contributed by atoms with E-state index in [1.54, 1.807) is 0 Å². The van der Waals surface area contributed by atoms with Crippen molar-refractivity contribution in [1.29, 1.82) is 0 Å². The van der Waals surface area contributed by atoms with Gasteiger partial charge in [-0.1, -0.05) is 25.1 Å². The molecule has 104 valence electrons. The number of hydrogen-bond donors (Lipinski definition) is 1. The van der Waals surface area contributed by atoms with E-state index in [-0.39, 0.29) is 11.9 Å². The fourth-order valence-corrected chi connectivity index (χ4v) is 2.81. The van der Waals surface area contributed by atoms with Crippen molar-refractivity contribution in [2.45, 2.75) is 19.9 Å². The topological polar surface area (TPSA) is 59.2 Å². The average Bonchev–Trinajstić information content (AvgIpc) is 2.77. The number of aryl methyl sites for hydroxylation is 1. The summed E-state index contributed by atoms with van der Waals surface area (Å²) < 4.78 is 0. The molecule has 1 aliphatic heterocycles. The van der Waals surface area contributed by atoms with Gasteiger partial charge >= 0.3 is 0 Å². The first kappa shape index (κ1) is 13.1. The number of carbonyl (C=O) groups excluding carboxylic acids is 1. The smallest absolute Gasteiger partial charge is 0.254 e. The van der Waals surface area contributed by atoms with Gasteiger partial charge < -0.3 is 10.6 Å². The van der Waals surface area contributed by atoms with Crippen LogP contribution in [0.1, 0.15) is 23.0 Å². The van der Waals surface area contributed by atoms with Crippen molar-refractivity contribution in [3.63, 3.8) is 0 Å². The van der Waals surface area contributed by atoms with E-state index >= 15 is 0 Å². The molecule has 2 N–H and O–H groups in total. The lowest BCUT2D eigenvalue weighted by atomic mass is 10.1. The van der Waals surface area contributed by atoms with E-state index < -0.39 is 0 Å². The summed E-state index contributed by atoms with van der Waals surface area (Å²) in [7, 11) is 0. The van der Waals surface area contributed by atoms with Crippen LogP contribution in [-0.4, -0.2) is 34.9 Å². The lowest BCUT2D eigenvalue weighted by Gasteiger charge is -2.17. The number of nitrogens with two attached hydrogens (primary N) is 1. The molecule has 1 aromatic heterocycles. The van der Waals surface area contributed by atoms with Gasteiger partial charge in [-0.3, -0.25) is 9.78 Å². The number of hydrogen-bond acceptors (Lipinski definition) is 3. The summed E-state index contributed by atoms with van der Waals surface area (Å²) in [6.45, 7) is 5.38. The lowest BCUT2D eigenvalue weighted by molar-refractivity contribution is 0.0788. The van der Waals surface area contributed by atoms with Crippen LogP contribution < -0.4 is 5.73 Å². The zero-order chi connectivity index (χ0) is 14.3. The molecule has 0 radical (unpaired) electrons. The maximum absolute atomic E-state index is 12.7. The van der Waals surface area contributed by atoms with Crippen LogP contribution in [-0.2, 0) is 0 Å². The molecular formula is C16H19N3O. The van der Waals surface area contributed by atoms with Crippen molar-refractivity contribution in [1.82, 2.24) is 9.88 Å². The molecule has 2 unspecified atom stereocenters. The molecule has 20 heavy (non-hydrogen) atoms. The summed E-state index contributed by atoms with van der Waals surface area (Å²) in [5, 5.41) is 0.913. The molecule has 1 fully saturated rings. The molecular weight excluding hydrogens is 250 g/mol. The quantitative estimate of drug-likeness (QED) is 0.861. The fraction of sp³-hybridized carbons (Fsp3) is 0.375. The second-order valence-corrected chi connectivity index (χ2v) is 5.68. The largest absolute Gasteiger partial charge is 0.337 e. The van der Waals surface area contributed by atoms with E-state index in [1.807, 2.05) is 42.2 Å². The van der Waals surface area contributed by atoms with Gasteiger partial charge in [-0.25, -0.2) is 0 Å². The highest BCUT2D eigenvalue weighted by Gasteiger charge is 2.31. The van der Waals surface area contributed by atoms with Gasteiger partial charge in [-0.15, -0.1) is 0 Å². The van der Waals surface area contributed by atoms with Gasteiger partial charge in [0, 0.05) is 30.2 Å². The molecule has 2 heterocycles. The van der Waals surface area contributed by atoms with Crippen molar-refractivity contribution in [3.05, 3.63) is 41.6 Å². The number of fused-ring (bicyclic) bond motifs is 1. The minimum Gasteiger partial charge on any atom is -0.337 e. The minimum absolute atomic E-state index is 0.0616. The summed E-state index contributed by atoms with van der Waals surface area (Å²) in [6, 6.07) is 9.73. The molecule has 4 nitrogen and oxygen atoms in total. The molecule has 2 atom stereocenters. The molecule has 4 heteroatoms. The van der Waals surface area contributed by atoms with E-state index in [0.29, 0.717) is 12.5 Å². The Hall–Kier alpha value is -1.94. The van der Waals surface area contributed by atoms with E-state index in [1.165, 1.54) is 0 Å². The van der Waals surface area contributed by atoms with Crippen LogP contribution in [0.25, 0.3) is 10.9 Å². The van der Waals surface area contributed by atoms with Crippen molar-refractivity contribution in [3.8, 4) is 0 Å². The third kappa shape index (κ3) is 2.16. The highest BCUT2D eigenvalue weighted by atomic mass is 16.2. The maximum atomic E-state index is 12.7. The molecule has 1 aromatic carbocycles. The third-order valence-corrected chi connectivity index (χ3v) is 4.03. The first-order valence-electron chi connectivity index (χ1n) is 6.97. The van der Waals surface area contributed by atoms with Crippen molar-refractivity contribution in [2.24, 2.45) is 11.7 Å². The molecule has 1 aliphatic rings. The molecule has 0 bridgehead atoms. The van der Waals surface area contributed by atoms with E-state index in [2.05, 4.69) is 11.9 Å². The molecule has 2 aromatic rings. The molecule has 1 amide bonds. The number of carbonyl (C=O) groups is 1. The molecule has 3 rings (SSSR count). The third-order valence-electron chi connectivity index (χ3n) is 4.03. The van der Waals surface area contributed by atoms with Crippen molar-refractivity contribution in [2.75, 3.05) is 13.1 Å². The second kappa shape index (κ2) is 4.87. The second-order valence-electron chi connectivity index (χ2n) is 5.68. The summed E-state index contributed by atoms with van der Waals surface area (Å²) in [5.74, 6) is 0.416. The van der Waals surface area contributed by atoms with E-state index in [4.69, 9.17) is 5.73 Å². The Bertz CT molecular complexity index is 658. The Kier molecular flexibility index (Phi) is 3.18. The van der Waals surface area contributed by atoms with Crippen LogP contribution in [0.3, 0.4) is 0 Å². The normalized spacial score (nSPS) is 22.4. The van der Waals surface area contributed by atoms with E-state index in [0.717, 1.165) is 28.7 Å². The predicted molar refractivity (Wildman–Crippen MR) is 79.5 cm³/mol. The van der Waals surface area contributed by atoms with Gasteiger partial charge in [0.15, 0.2) is 0 Å². The predicted octanol–water partition coefficient (Wildman–Crippen LogP) is 1.96. The van der Waals surface area contributed by atoms with Crippen molar-refractivity contribution >= 4 is 16.8 Å². The van der Waals surface area contributed by atoms with Gasteiger partial charge in [0.1, 0.15) is 0 Å². The maximum Gasteiger partial charge on any atom is 0.254 e. The average molecular weight is 269 g/mol. The summed E-state index contributed by atoms with van der Waals surface area (Å²) in [4.78, 5) is 19.1. The van der Waals surface area contributed by atoms with Crippen LogP contribution >= 0.6 is 0 Å². The van der Waals surface area contributed by atoms with Crippen LogP contribution in [0.4, 0.5) is 0 Å². The fourth-order valence-electron chi connectivity index (χ4n) is 2.81. The number of nitrogens with zero attached hydrogens (tertiary/aromatic N) is 2. The van der Waals surface area contributed by atoms with E-state index in [9.17, 15) is 4.79 Å². The van der Waals surface area contributed by atoms with Gasteiger partial charge in [0.25, 0.3) is 5.91 Å². The first-order chi connectivity index (χ1) is 9.56. The standard InChI is InChI=1S/C16H19N3O/c1-10-8-19(9-14(10)17)16(20)13-7-11(2)18-15-6-4-3-5-12(13)15/h3-7,10,14H,8-9,17H2,1-2H3. The number of benzene rings is 1. The molecule has 0 spiro atoms. The number of amides is 1. The minimum atomic E-state index is 0.0616. The number of likely N-dealkylation sites (tertiary alicyclic amines) is 1. The van der Waals surface area contributed by atoms with Gasteiger partial charge in [-0.2, -0.15) is 0 Å². The first-order valence-corrected chi connectivity index (χ1v) is 6.97. The lowest BCUT2D eigenvalue weighted by Crippen LogP contribution is -2.32. The monoisotopic (exact) mass is 269 g/mol. The zero-order valence-corrected chi connectivity index (χ0v) is 11.8. The van der Waals surface area contributed by atoms with Crippen LogP contribution in [0, 0.1) is 12.8 Å². The molecule has 1 saturated heterocycles. The van der Waals surface area contributed by atoms with Gasteiger partial charge in [0.05, 0.1) is 11.1 Å². The number of para-hydroxylation sites is 1.